The summed E-state index contributed by atoms with van der Waals surface area (Å²) in [6, 6.07) is 15.1. The molecule has 8 heteroatoms. The molecule has 1 saturated heterocycles. The molecular formula is C22H23N5O2S. The molecule has 1 aliphatic heterocycles. The maximum Gasteiger partial charge on any atom is 0.253 e. The largest absolute Gasteiger partial charge is 0.339 e. The normalized spacial score (nSPS) is 13.4. The van der Waals surface area contributed by atoms with Crippen molar-refractivity contribution >= 4 is 29.3 Å². The Morgan fingerprint density at radius 1 is 1.10 bits per heavy atom. The predicted octanol–water partition coefficient (Wildman–Crippen LogP) is 3.54. The van der Waals surface area contributed by atoms with Gasteiger partial charge in [0.15, 0.2) is 5.16 Å². The summed E-state index contributed by atoms with van der Waals surface area (Å²) in [5.74, 6) is 0.0443. The molecule has 0 atom stereocenters. The molecule has 3 aromatic rings. The van der Waals surface area contributed by atoms with Crippen molar-refractivity contribution in [2.45, 2.75) is 24.9 Å². The average molecular weight is 422 g/mol. The zero-order valence-corrected chi connectivity index (χ0v) is 17.6. The van der Waals surface area contributed by atoms with Crippen LogP contribution in [0.25, 0.3) is 5.69 Å². The third-order valence-corrected chi connectivity index (χ3v) is 5.89. The summed E-state index contributed by atoms with van der Waals surface area (Å²) in [7, 11) is 0. The number of carbonyl (C=O) groups is 2. The second-order valence-electron chi connectivity index (χ2n) is 7.24. The van der Waals surface area contributed by atoms with Crippen molar-refractivity contribution in [1.82, 2.24) is 19.7 Å². The Labute approximate surface area is 179 Å². The van der Waals surface area contributed by atoms with Crippen molar-refractivity contribution in [1.29, 1.82) is 0 Å². The summed E-state index contributed by atoms with van der Waals surface area (Å²) in [5, 5.41) is 11.6. The second-order valence-corrected chi connectivity index (χ2v) is 8.18. The van der Waals surface area contributed by atoms with Crippen molar-refractivity contribution in [3.63, 3.8) is 0 Å². The Bertz CT molecular complexity index is 1040. The number of benzene rings is 2. The van der Waals surface area contributed by atoms with Crippen molar-refractivity contribution in [3.05, 3.63) is 66.0 Å². The van der Waals surface area contributed by atoms with Gasteiger partial charge < -0.3 is 10.2 Å². The highest BCUT2D eigenvalue weighted by Crippen LogP contribution is 2.21. The summed E-state index contributed by atoms with van der Waals surface area (Å²) in [5.41, 5.74) is 3.33. The minimum absolute atomic E-state index is 0.0178. The molecule has 2 amide bonds. The standard InChI is InChI=1S/C22H23N5O2S/c1-16-7-9-19(10-8-16)27-15-23-25-22(27)30-14-20(28)24-18-6-4-5-17(13-18)21(29)26-11-2-3-12-26/h4-10,13,15H,2-3,11-12,14H2,1H3,(H,24,28). The van der Waals surface area contributed by atoms with Crippen LogP contribution in [-0.4, -0.2) is 50.3 Å². The van der Waals surface area contributed by atoms with Crippen LogP contribution in [0.2, 0.25) is 0 Å². The number of carbonyl (C=O) groups excluding carboxylic acids is 2. The smallest absolute Gasteiger partial charge is 0.253 e. The summed E-state index contributed by atoms with van der Waals surface area (Å²) in [6.45, 7) is 3.63. The van der Waals surface area contributed by atoms with Crippen LogP contribution in [-0.2, 0) is 4.79 Å². The first kappa shape index (κ1) is 20.2. The number of nitrogens with one attached hydrogen (secondary N) is 1. The molecule has 1 fully saturated rings. The van der Waals surface area contributed by atoms with Crippen molar-refractivity contribution in [2.24, 2.45) is 0 Å². The van der Waals surface area contributed by atoms with E-state index in [0.29, 0.717) is 16.4 Å². The van der Waals surface area contributed by atoms with Crippen LogP contribution in [0, 0.1) is 6.92 Å². The lowest BCUT2D eigenvalue weighted by molar-refractivity contribution is -0.113. The molecule has 2 heterocycles. The maximum atomic E-state index is 12.6. The molecule has 1 N–H and O–H groups in total. The van der Waals surface area contributed by atoms with Gasteiger partial charge in [-0.3, -0.25) is 14.2 Å². The Hall–Kier alpha value is -3.13. The van der Waals surface area contributed by atoms with Crippen LogP contribution in [0.1, 0.15) is 28.8 Å². The Morgan fingerprint density at radius 3 is 2.63 bits per heavy atom. The first-order chi connectivity index (χ1) is 14.6. The van der Waals surface area contributed by atoms with Crippen LogP contribution in [0.15, 0.2) is 60.0 Å². The van der Waals surface area contributed by atoms with Gasteiger partial charge in [-0.15, -0.1) is 10.2 Å². The number of thioether (sulfide) groups is 1. The van der Waals surface area contributed by atoms with E-state index in [9.17, 15) is 9.59 Å². The lowest BCUT2D eigenvalue weighted by Gasteiger charge is -2.15. The first-order valence-electron chi connectivity index (χ1n) is 9.89. The van der Waals surface area contributed by atoms with E-state index in [1.807, 2.05) is 40.7 Å². The van der Waals surface area contributed by atoms with Gasteiger partial charge in [0.1, 0.15) is 6.33 Å². The number of amides is 2. The SMILES string of the molecule is Cc1ccc(-n2cnnc2SCC(=O)Nc2cccc(C(=O)N3CCCC3)c2)cc1. The highest BCUT2D eigenvalue weighted by molar-refractivity contribution is 7.99. The molecule has 7 nitrogen and oxygen atoms in total. The molecule has 0 radical (unpaired) electrons. The predicted molar refractivity (Wildman–Crippen MR) is 117 cm³/mol. The highest BCUT2D eigenvalue weighted by atomic mass is 32.2. The summed E-state index contributed by atoms with van der Waals surface area (Å²) in [6.07, 6.45) is 3.73. The minimum atomic E-state index is -0.163. The number of hydrogen-bond acceptors (Lipinski definition) is 5. The van der Waals surface area contributed by atoms with E-state index >= 15 is 0 Å². The molecule has 30 heavy (non-hydrogen) atoms. The van der Waals surface area contributed by atoms with Crippen LogP contribution in [0.3, 0.4) is 0 Å². The molecule has 2 aromatic carbocycles. The fourth-order valence-corrected chi connectivity index (χ4v) is 4.09. The summed E-state index contributed by atoms with van der Waals surface area (Å²) >= 11 is 1.31. The van der Waals surface area contributed by atoms with Crippen LogP contribution in [0.4, 0.5) is 5.69 Å². The van der Waals surface area contributed by atoms with E-state index in [4.69, 9.17) is 0 Å². The molecule has 1 aromatic heterocycles. The van der Waals surface area contributed by atoms with Gasteiger partial charge >= 0.3 is 0 Å². The molecule has 0 bridgehead atoms. The fraction of sp³-hybridized carbons (Fsp3) is 0.273. The van der Waals surface area contributed by atoms with Crippen molar-refractivity contribution in [2.75, 3.05) is 24.2 Å². The maximum absolute atomic E-state index is 12.6. The number of aromatic nitrogens is 3. The van der Waals surface area contributed by atoms with Gasteiger partial charge in [0.25, 0.3) is 5.91 Å². The minimum Gasteiger partial charge on any atom is -0.339 e. The summed E-state index contributed by atoms with van der Waals surface area (Å²) < 4.78 is 1.85. The van der Waals surface area contributed by atoms with Crippen LogP contribution in [0.5, 0.6) is 0 Å². The Kier molecular flexibility index (Phi) is 6.13. The lowest BCUT2D eigenvalue weighted by atomic mass is 10.1. The van der Waals surface area contributed by atoms with Gasteiger partial charge in [-0.2, -0.15) is 0 Å². The van der Waals surface area contributed by atoms with Gasteiger partial charge in [-0.25, -0.2) is 0 Å². The number of rotatable bonds is 6. The number of nitrogens with zero attached hydrogens (tertiary/aromatic N) is 4. The molecule has 154 valence electrons. The van der Waals surface area contributed by atoms with E-state index in [2.05, 4.69) is 15.5 Å². The second kappa shape index (κ2) is 9.13. The van der Waals surface area contributed by atoms with Gasteiger partial charge in [-0.1, -0.05) is 35.5 Å². The third-order valence-electron chi connectivity index (χ3n) is 4.95. The van der Waals surface area contributed by atoms with Gasteiger partial charge in [0.05, 0.1) is 5.75 Å². The average Bonchev–Trinajstić information content (AvgIpc) is 3.45. The van der Waals surface area contributed by atoms with Crippen molar-refractivity contribution in [3.8, 4) is 5.69 Å². The monoisotopic (exact) mass is 421 g/mol. The highest BCUT2D eigenvalue weighted by Gasteiger charge is 2.19. The first-order valence-corrected chi connectivity index (χ1v) is 10.9. The topological polar surface area (TPSA) is 80.1 Å². The molecule has 1 aliphatic rings. The number of aryl methyl sites for hydroxylation is 1. The van der Waals surface area contributed by atoms with Crippen LogP contribution < -0.4 is 5.32 Å². The quantitative estimate of drug-likeness (QED) is 0.616. The third kappa shape index (κ3) is 4.71. The van der Waals surface area contributed by atoms with E-state index in [-0.39, 0.29) is 17.6 Å². The zero-order chi connectivity index (χ0) is 20.9. The molecule has 0 spiro atoms. The Balaban J connectivity index is 1.37. The van der Waals surface area contributed by atoms with E-state index < -0.39 is 0 Å². The molecule has 0 saturated carbocycles. The number of likely N-dealkylation sites (tertiary alicyclic amines) is 1. The Morgan fingerprint density at radius 2 is 1.87 bits per heavy atom. The van der Waals surface area contributed by atoms with Gasteiger partial charge in [0.2, 0.25) is 5.91 Å². The summed E-state index contributed by atoms with van der Waals surface area (Å²) in [4.78, 5) is 26.9. The molecule has 4 rings (SSSR count). The van der Waals surface area contributed by atoms with Crippen molar-refractivity contribution < 1.29 is 9.59 Å². The molecule has 0 unspecified atom stereocenters. The van der Waals surface area contributed by atoms with E-state index in [1.54, 1.807) is 30.6 Å². The van der Waals surface area contributed by atoms with Gasteiger partial charge in [0, 0.05) is 30.0 Å². The molecule has 0 aliphatic carbocycles. The lowest BCUT2D eigenvalue weighted by Crippen LogP contribution is -2.27. The fourth-order valence-electron chi connectivity index (χ4n) is 3.37. The number of anilines is 1. The zero-order valence-electron chi connectivity index (χ0n) is 16.7. The number of hydrogen-bond donors (Lipinski definition) is 1. The van der Waals surface area contributed by atoms with Crippen LogP contribution >= 0.6 is 11.8 Å². The van der Waals surface area contributed by atoms with E-state index in [1.165, 1.54) is 17.3 Å². The van der Waals surface area contributed by atoms with E-state index in [0.717, 1.165) is 31.6 Å². The van der Waals surface area contributed by atoms with Gasteiger partial charge in [-0.05, 0) is 50.1 Å². The molecular weight excluding hydrogens is 398 g/mol.